The Morgan fingerprint density at radius 2 is 2.00 bits per heavy atom. The number of aromatic nitrogens is 1. The van der Waals surface area contributed by atoms with Gasteiger partial charge < -0.3 is 10.8 Å². The van der Waals surface area contributed by atoms with Crippen LogP contribution in [0, 0.1) is 6.92 Å². The minimum atomic E-state index is -0.185. The summed E-state index contributed by atoms with van der Waals surface area (Å²) in [7, 11) is 0. The molecular formula is C12H14N2O. The smallest absolute Gasteiger partial charge is 0.120 e. The van der Waals surface area contributed by atoms with Crippen LogP contribution in [-0.2, 0) is 0 Å². The summed E-state index contributed by atoms with van der Waals surface area (Å²) in [6.45, 7) is 3.81. The van der Waals surface area contributed by atoms with E-state index in [1.54, 1.807) is 12.3 Å². The zero-order chi connectivity index (χ0) is 11.0. The van der Waals surface area contributed by atoms with Crippen LogP contribution in [0.1, 0.15) is 24.2 Å². The van der Waals surface area contributed by atoms with Crippen LogP contribution in [0.3, 0.4) is 0 Å². The van der Waals surface area contributed by atoms with Crippen LogP contribution in [0.2, 0.25) is 0 Å². The molecule has 0 radical (unpaired) electrons. The molecule has 2 aromatic rings. The number of phenols is 1. The molecule has 0 aliphatic rings. The molecule has 3 N–H and O–H groups in total. The van der Waals surface area contributed by atoms with Crippen LogP contribution < -0.4 is 5.73 Å². The average Bonchev–Trinajstić information content (AvgIpc) is 2.17. The number of aryl methyl sites for hydroxylation is 1. The second-order valence-corrected chi connectivity index (χ2v) is 3.78. The van der Waals surface area contributed by atoms with E-state index in [1.165, 1.54) is 0 Å². The van der Waals surface area contributed by atoms with Gasteiger partial charge in [0.1, 0.15) is 5.75 Å². The van der Waals surface area contributed by atoms with Gasteiger partial charge in [-0.25, -0.2) is 0 Å². The average molecular weight is 202 g/mol. The van der Waals surface area contributed by atoms with Gasteiger partial charge in [-0.05, 0) is 37.4 Å². The van der Waals surface area contributed by atoms with Gasteiger partial charge in [-0.15, -0.1) is 0 Å². The highest BCUT2D eigenvalue weighted by Gasteiger charge is 2.11. The number of hydrogen-bond donors (Lipinski definition) is 2. The number of fused-ring (bicyclic) bond motifs is 1. The van der Waals surface area contributed by atoms with E-state index < -0.39 is 0 Å². The predicted molar refractivity (Wildman–Crippen MR) is 60.7 cm³/mol. The molecule has 0 amide bonds. The largest absolute Gasteiger partial charge is 0.508 e. The second kappa shape index (κ2) is 3.51. The summed E-state index contributed by atoms with van der Waals surface area (Å²) in [6, 6.07) is 5.26. The van der Waals surface area contributed by atoms with Gasteiger partial charge >= 0.3 is 0 Å². The van der Waals surface area contributed by atoms with Crippen molar-refractivity contribution in [1.82, 2.24) is 4.98 Å². The molecular weight excluding hydrogens is 188 g/mol. The van der Waals surface area contributed by atoms with Crippen molar-refractivity contribution in [3.63, 3.8) is 0 Å². The van der Waals surface area contributed by atoms with Gasteiger partial charge in [0.25, 0.3) is 0 Å². The standard InChI is InChI=1S/C12H14N2O/c1-7(13)12-10-5-6-14-8(2)9(10)3-4-11(12)15/h3-7,15H,13H2,1-2H3. The molecule has 0 aliphatic carbocycles. The number of rotatable bonds is 1. The van der Waals surface area contributed by atoms with Gasteiger partial charge in [0.05, 0.1) is 0 Å². The molecule has 1 aromatic heterocycles. The third kappa shape index (κ3) is 1.55. The third-order valence-corrected chi connectivity index (χ3v) is 2.62. The maximum absolute atomic E-state index is 9.77. The van der Waals surface area contributed by atoms with Crippen molar-refractivity contribution in [2.75, 3.05) is 0 Å². The lowest BCUT2D eigenvalue weighted by atomic mass is 9.99. The zero-order valence-electron chi connectivity index (χ0n) is 8.86. The molecule has 1 aromatic carbocycles. The first-order valence-corrected chi connectivity index (χ1v) is 4.94. The first-order chi connectivity index (χ1) is 7.11. The molecule has 1 unspecified atom stereocenters. The predicted octanol–water partition coefficient (Wildman–Crippen LogP) is 2.27. The van der Waals surface area contributed by atoms with E-state index in [1.807, 2.05) is 26.0 Å². The molecule has 1 heterocycles. The Labute approximate surface area is 88.6 Å². The molecule has 3 heteroatoms. The summed E-state index contributed by atoms with van der Waals surface area (Å²) in [5.41, 5.74) is 7.59. The fourth-order valence-electron chi connectivity index (χ4n) is 1.89. The van der Waals surface area contributed by atoms with E-state index in [9.17, 15) is 5.11 Å². The van der Waals surface area contributed by atoms with E-state index in [0.29, 0.717) is 0 Å². The van der Waals surface area contributed by atoms with E-state index in [0.717, 1.165) is 22.0 Å². The number of pyridine rings is 1. The lowest BCUT2D eigenvalue weighted by molar-refractivity contribution is 0.465. The SMILES string of the molecule is Cc1nccc2c(C(C)N)c(O)ccc12. The maximum atomic E-state index is 9.77. The van der Waals surface area contributed by atoms with Crippen LogP contribution >= 0.6 is 0 Å². The van der Waals surface area contributed by atoms with Crippen LogP contribution in [0.25, 0.3) is 10.8 Å². The van der Waals surface area contributed by atoms with Gasteiger partial charge in [-0.3, -0.25) is 4.98 Å². The summed E-state index contributed by atoms with van der Waals surface area (Å²) in [5, 5.41) is 11.8. The number of hydrogen-bond acceptors (Lipinski definition) is 3. The van der Waals surface area contributed by atoms with E-state index in [2.05, 4.69) is 4.98 Å². The summed E-state index contributed by atoms with van der Waals surface area (Å²) in [6.07, 6.45) is 1.74. The van der Waals surface area contributed by atoms with Crippen molar-refractivity contribution in [3.8, 4) is 5.75 Å². The van der Waals surface area contributed by atoms with Gasteiger partial charge in [-0.1, -0.05) is 0 Å². The number of aromatic hydroxyl groups is 1. The highest BCUT2D eigenvalue weighted by atomic mass is 16.3. The molecule has 0 fully saturated rings. The maximum Gasteiger partial charge on any atom is 0.120 e. The quantitative estimate of drug-likeness (QED) is 0.745. The fourth-order valence-corrected chi connectivity index (χ4v) is 1.89. The molecule has 0 aliphatic heterocycles. The van der Waals surface area contributed by atoms with Crippen molar-refractivity contribution in [2.24, 2.45) is 5.73 Å². The molecule has 0 saturated heterocycles. The van der Waals surface area contributed by atoms with Crippen LogP contribution in [0.4, 0.5) is 0 Å². The number of phenolic OH excluding ortho intramolecular Hbond substituents is 1. The summed E-state index contributed by atoms with van der Waals surface area (Å²) >= 11 is 0. The lowest BCUT2D eigenvalue weighted by Gasteiger charge is -2.12. The number of nitrogens with two attached hydrogens (primary N) is 1. The third-order valence-electron chi connectivity index (χ3n) is 2.62. The Morgan fingerprint density at radius 3 is 2.67 bits per heavy atom. The molecule has 78 valence electrons. The van der Waals surface area contributed by atoms with Crippen molar-refractivity contribution in [2.45, 2.75) is 19.9 Å². The van der Waals surface area contributed by atoms with Crippen LogP contribution in [0.15, 0.2) is 24.4 Å². The molecule has 0 spiro atoms. The van der Waals surface area contributed by atoms with Gasteiger partial charge in [0.15, 0.2) is 0 Å². The Bertz CT molecular complexity index is 506. The van der Waals surface area contributed by atoms with Crippen molar-refractivity contribution in [1.29, 1.82) is 0 Å². The molecule has 0 bridgehead atoms. The molecule has 1 atom stereocenters. The van der Waals surface area contributed by atoms with Crippen LogP contribution in [0.5, 0.6) is 5.75 Å². The first-order valence-electron chi connectivity index (χ1n) is 4.94. The van der Waals surface area contributed by atoms with Gasteiger partial charge in [-0.2, -0.15) is 0 Å². The number of nitrogens with zero attached hydrogens (tertiary/aromatic N) is 1. The topological polar surface area (TPSA) is 59.1 Å². The Hall–Kier alpha value is -1.61. The summed E-state index contributed by atoms with van der Waals surface area (Å²) < 4.78 is 0. The van der Waals surface area contributed by atoms with E-state index >= 15 is 0 Å². The highest BCUT2D eigenvalue weighted by molar-refractivity contribution is 5.89. The van der Waals surface area contributed by atoms with E-state index in [-0.39, 0.29) is 11.8 Å². The normalized spacial score (nSPS) is 13.0. The van der Waals surface area contributed by atoms with Crippen molar-refractivity contribution in [3.05, 3.63) is 35.7 Å². The minimum absolute atomic E-state index is 0.185. The second-order valence-electron chi connectivity index (χ2n) is 3.78. The number of benzene rings is 1. The fraction of sp³-hybridized carbons (Fsp3) is 0.250. The van der Waals surface area contributed by atoms with Crippen LogP contribution in [-0.4, -0.2) is 10.1 Å². The van der Waals surface area contributed by atoms with Gasteiger partial charge in [0, 0.05) is 28.9 Å². The Morgan fingerprint density at radius 1 is 1.27 bits per heavy atom. The zero-order valence-corrected chi connectivity index (χ0v) is 8.86. The van der Waals surface area contributed by atoms with E-state index in [4.69, 9.17) is 5.73 Å². The highest BCUT2D eigenvalue weighted by Crippen LogP contribution is 2.31. The summed E-state index contributed by atoms with van der Waals surface area (Å²) in [4.78, 5) is 4.21. The lowest BCUT2D eigenvalue weighted by Crippen LogP contribution is -2.06. The Kier molecular flexibility index (Phi) is 2.32. The molecule has 0 saturated carbocycles. The van der Waals surface area contributed by atoms with Crippen molar-refractivity contribution >= 4 is 10.8 Å². The molecule has 3 nitrogen and oxygen atoms in total. The Balaban J connectivity index is 2.88. The molecule has 15 heavy (non-hydrogen) atoms. The summed E-state index contributed by atoms with van der Waals surface area (Å²) in [5.74, 6) is 0.253. The molecule has 2 rings (SSSR count). The van der Waals surface area contributed by atoms with Crippen molar-refractivity contribution < 1.29 is 5.11 Å². The first kappa shape index (κ1) is 9.93. The van der Waals surface area contributed by atoms with Gasteiger partial charge in [0.2, 0.25) is 0 Å². The minimum Gasteiger partial charge on any atom is -0.508 e. The monoisotopic (exact) mass is 202 g/mol.